The first-order valence-electron chi connectivity index (χ1n) is 17.2. The van der Waals surface area contributed by atoms with Gasteiger partial charge in [-0.2, -0.15) is 19.4 Å². The molecule has 1 aliphatic rings. The van der Waals surface area contributed by atoms with Gasteiger partial charge in [0.2, 0.25) is 0 Å². The van der Waals surface area contributed by atoms with Crippen LogP contribution in [-0.4, -0.2) is 67.7 Å². The van der Waals surface area contributed by atoms with E-state index in [1.807, 2.05) is 0 Å². The predicted molar refractivity (Wildman–Crippen MR) is 191 cm³/mol. The fraction of sp³-hybridized carbons (Fsp3) is 0.417. The first-order valence-corrected chi connectivity index (χ1v) is 18.8. The van der Waals surface area contributed by atoms with Crippen molar-refractivity contribution in [2.45, 2.75) is 82.3 Å². The molecule has 0 saturated carbocycles. The third kappa shape index (κ3) is 10.3. The number of carboxylic acid groups (broad SMARTS) is 1. The second kappa shape index (κ2) is 18.1. The third-order valence-electron chi connectivity index (χ3n) is 8.53. The van der Waals surface area contributed by atoms with E-state index in [0.29, 0.717) is 12.0 Å². The quantitative estimate of drug-likeness (QED) is 0.0321. The van der Waals surface area contributed by atoms with Gasteiger partial charge in [-0.1, -0.05) is 93.5 Å². The van der Waals surface area contributed by atoms with Crippen LogP contribution in [0.1, 0.15) is 63.7 Å². The minimum Gasteiger partial charge on any atom is -0.480 e. The number of aliphatic carboxylic acids is 1. The molecule has 1 saturated heterocycles. The van der Waals surface area contributed by atoms with Crippen LogP contribution in [0.15, 0.2) is 67.0 Å². The summed E-state index contributed by atoms with van der Waals surface area (Å²) < 4.78 is 59.1. The number of anilines is 1. The maximum absolute atomic E-state index is 14.5. The average molecular weight is 753 g/mol. The molecule has 3 heterocycles. The van der Waals surface area contributed by atoms with Gasteiger partial charge in [-0.05, 0) is 30.5 Å². The van der Waals surface area contributed by atoms with Crippen molar-refractivity contribution < 1.29 is 46.9 Å². The highest BCUT2D eigenvalue weighted by Gasteiger charge is 2.53. The number of rotatable bonds is 19. The highest BCUT2D eigenvalue weighted by atomic mass is 31.2. The molecular weight excluding hydrogens is 710 g/mol. The Kier molecular flexibility index (Phi) is 13.4. The standard InChI is InChI=1S/C36H42FN6O9P/c1-3-5-6-7-8-15-20-48-35(46)50-28-22-29(43-24-39-30-31(38)40-34(37)41-32(30)43)51-36(28,4-2)23-49-53(47,52-26-18-13-10-14-19-26)42-27(33(44)45)21-25-16-11-9-12-17-25/h2,9-14,16-19,24,27-29H,3,5-8,15,20-23H2,1H3,(H,42,47)(H,44,45)(H2,38,40,41)/t27?,28-,29+,36+,53-/m0/s1. The lowest BCUT2D eigenvalue weighted by molar-refractivity contribution is -0.139. The van der Waals surface area contributed by atoms with Gasteiger partial charge in [0, 0.05) is 6.42 Å². The van der Waals surface area contributed by atoms with E-state index in [2.05, 4.69) is 32.9 Å². The maximum Gasteiger partial charge on any atom is 0.508 e. The van der Waals surface area contributed by atoms with E-state index in [4.69, 9.17) is 35.4 Å². The second-order valence-electron chi connectivity index (χ2n) is 12.4. The number of nitrogens with zero attached hydrogens (tertiary/aromatic N) is 4. The fourth-order valence-corrected chi connectivity index (χ4v) is 7.30. The van der Waals surface area contributed by atoms with Crippen LogP contribution in [0.25, 0.3) is 11.2 Å². The van der Waals surface area contributed by atoms with Crippen molar-refractivity contribution in [2.24, 2.45) is 0 Å². The highest BCUT2D eigenvalue weighted by molar-refractivity contribution is 7.52. The highest BCUT2D eigenvalue weighted by Crippen LogP contribution is 2.48. The van der Waals surface area contributed by atoms with Gasteiger partial charge in [-0.25, -0.2) is 14.3 Å². The average Bonchev–Trinajstić information content (AvgIpc) is 3.72. The van der Waals surface area contributed by atoms with Gasteiger partial charge in [0.25, 0.3) is 0 Å². The lowest BCUT2D eigenvalue weighted by Crippen LogP contribution is -2.46. The zero-order valence-corrected chi connectivity index (χ0v) is 30.0. The monoisotopic (exact) mass is 752 g/mol. The van der Waals surface area contributed by atoms with E-state index in [1.54, 1.807) is 48.5 Å². The normalized spacial score (nSPS) is 19.9. The second-order valence-corrected chi connectivity index (χ2v) is 14.1. The Hall–Kier alpha value is -5.07. The number of carboxylic acids is 1. The Bertz CT molecular complexity index is 1930. The predicted octanol–water partition coefficient (Wildman–Crippen LogP) is 6.21. The largest absolute Gasteiger partial charge is 0.508 e. The van der Waals surface area contributed by atoms with Crippen molar-refractivity contribution in [3.63, 3.8) is 0 Å². The number of halogens is 1. The summed E-state index contributed by atoms with van der Waals surface area (Å²) in [5.74, 6) is 1.04. The lowest BCUT2D eigenvalue weighted by Gasteiger charge is -2.31. The zero-order valence-electron chi connectivity index (χ0n) is 29.1. The molecule has 1 unspecified atom stereocenters. The third-order valence-corrected chi connectivity index (χ3v) is 10.1. The summed E-state index contributed by atoms with van der Waals surface area (Å²) in [7, 11) is -4.61. The molecule has 0 spiro atoms. The molecule has 4 aromatic rings. The number of ether oxygens (including phenoxy) is 3. The molecule has 53 heavy (non-hydrogen) atoms. The van der Waals surface area contributed by atoms with Gasteiger partial charge >= 0.3 is 25.9 Å². The SMILES string of the molecule is C#C[C@]1(CO[P@@](=O)(NC(Cc2ccccc2)C(=O)O)Oc2ccccc2)O[C@@H](n2cnc3c(N)nc(F)nc32)C[C@@H]1OC(=O)OCCCCCCCC. The number of carbonyl (C=O) groups is 2. The number of hydrogen-bond acceptors (Lipinski definition) is 12. The van der Waals surface area contributed by atoms with E-state index in [9.17, 15) is 23.7 Å². The van der Waals surface area contributed by atoms with Crippen LogP contribution in [0.4, 0.5) is 15.0 Å². The van der Waals surface area contributed by atoms with Crippen molar-refractivity contribution in [1.82, 2.24) is 24.6 Å². The summed E-state index contributed by atoms with van der Waals surface area (Å²) in [5.41, 5.74) is 4.60. The Morgan fingerprint density at radius 2 is 1.83 bits per heavy atom. The fourth-order valence-electron chi connectivity index (χ4n) is 5.78. The molecule has 1 fully saturated rings. The molecule has 0 bridgehead atoms. The Balaban J connectivity index is 1.41. The van der Waals surface area contributed by atoms with Crippen LogP contribution in [-0.2, 0) is 34.5 Å². The lowest BCUT2D eigenvalue weighted by atomic mass is 9.99. The number of hydrogen-bond donors (Lipinski definition) is 3. The number of nitrogens with two attached hydrogens (primary N) is 1. The van der Waals surface area contributed by atoms with Crippen LogP contribution < -0.4 is 15.3 Å². The number of unbranched alkanes of at least 4 members (excludes halogenated alkanes) is 5. The minimum atomic E-state index is -4.61. The molecule has 0 amide bonds. The molecular formula is C36H42FN6O9P. The van der Waals surface area contributed by atoms with Gasteiger partial charge in [-0.15, -0.1) is 6.42 Å². The first-order chi connectivity index (χ1) is 25.5. The van der Waals surface area contributed by atoms with E-state index in [-0.39, 0.29) is 42.2 Å². The summed E-state index contributed by atoms with van der Waals surface area (Å²) in [6.45, 7) is 1.49. The number of aromatic nitrogens is 4. The van der Waals surface area contributed by atoms with E-state index < -0.39 is 56.5 Å². The Morgan fingerprint density at radius 3 is 2.53 bits per heavy atom. The smallest absolute Gasteiger partial charge is 0.480 e. The number of nitrogens with one attached hydrogen (secondary N) is 1. The summed E-state index contributed by atoms with van der Waals surface area (Å²) in [5, 5.41) is 12.7. The molecule has 0 aliphatic carbocycles. The van der Waals surface area contributed by atoms with E-state index >= 15 is 0 Å². The van der Waals surface area contributed by atoms with Crippen molar-refractivity contribution in [1.29, 1.82) is 0 Å². The van der Waals surface area contributed by atoms with Crippen molar-refractivity contribution in [3.05, 3.63) is 78.6 Å². The molecule has 17 heteroatoms. The first kappa shape index (κ1) is 39.1. The molecule has 1 aliphatic heterocycles. The Labute approximate surface area is 305 Å². The maximum atomic E-state index is 14.5. The number of carbonyl (C=O) groups excluding carboxylic acids is 1. The zero-order chi connectivity index (χ0) is 37.8. The number of nitrogen functional groups attached to an aromatic ring is 1. The molecule has 4 N–H and O–H groups in total. The van der Waals surface area contributed by atoms with E-state index in [0.717, 1.165) is 32.1 Å². The summed E-state index contributed by atoms with van der Waals surface area (Å²) in [4.78, 5) is 36.9. The molecule has 2 aromatic carbocycles. The number of benzene rings is 2. The molecule has 0 radical (unpaired) electrons. The van der Waals surface area contributed by atoms with Crippen LogP contribution >= 0.6 is 7.75 Å². The van der Waals surface area contributed by atoms with E-state index in [1.165, 1.54) is 23.0 Å². The van der Waals surface area contributed by atoms with Crippen LogP contribution in [0.5, 0.6) is 5.75 Å². The molecule has 5 atom stereocenters. The van der Waals surface area contributed by atoms with Crippen LogP contribution in [0.2, 0.25) is 0 Å². The number of imidazole rings is 1. The van der Waals surface area contributed by atoms with Gasteiger partial charge in [0.1, 0.15) is 24.6 Å². The van der Waals surface area contributed by atoms with Crippen molar-refractivity contribution in [3.8, 4) is 18.1 Å². The van der Waals surface area contributed by atoms with Gasteiger partial charge in [0.05, 0.1) is 12.9 Å². The summed E-state index contributed by atoms with van der Waals surface area (Å²) >= 11 is 0. The number of para-hydroxylation sites is 1. The number of fused-ring (bicyclic) bond motifs is 1. The van der Waals surface area contributed by atoms with Crippen LogP contribution in [0.3, 0.4) is 0 Å². The molecule has 5 rings (SSSR count). The number of terminal acetylenes is 1. The Morgan fingerprint density at radius 1 is 1.13 bits per heavy atom. The van der Waals surface area contributed by atoms with Gasteiger partial charge in [-0.3, -0.25) is 13.9 Å². The topological polar surface area (TPSA) is 199 Å². The molecule has 15 nitrogen and oxygen atoms in total. The van der Waals surface area contributed by atoms with Crippen LogP contribution in [0, 0.1) is 18.4 Å². The van der Waals surface area contributed by atoms with Crippen molar-refractivity contribution >= 4 is 36.9 Å². The minimum absolute atomic E-state index is 0.0249. The summed E-state index contributed by atoms with van der Waals surface area (Å²) in [6.07, 6.45) is 8.42. The van der Waals surface area contributed by atoms with Gasteiger partial charge in [0.15, 0.2) is 28.7 Å². The van der Waals surface area contributed by atoms with Gasteiger partial charge < -0.3 is 29.6 Å². The van der Waals surface area contributed by atoms with Crippen molar-refractivity contribution in [2.75, 3.05) is 18.9 Å². The molecule has 2 aromatic heterocycles. The molecule has 282 valence electrons. The summed E-state index contributed by atoms with van der Waals surface area (Å²) in [6, 6.07) is 15.2.